The van der Waals surface area contributed by atoms with E-state index in [2.05, 4.69) is 57.9 Å². The van der Waals surface area contributed by atoms with Crippen LogP contribution in [0.3, 0.4) is 0 Å². The van der Waals surface area contributed by atoms with Crippen molar-refractivity contribution in [1.82, 2.24) is 25.5 Å². The number of H-pyrrole nitrogens is 1. The van der Waals surface area contributed by atoms with Crippen molar-refractivity contribution in [3.8, 4) is 0 Å². The van der Waals surface area contributed by atoms with Crippen molar-refractivity contribution >= 4 is 17.6 Å². The van der Waals surface area contributed by atoms with E-state index in [1.807, 2.05) is 43.1 Å². The van der Waals surface area contributed by atoms with E-state index in [1.165, 1.54) is 7.11 Å². The summed E-state index contributed by atoms with van der Waals surface area (Å²) in [5.74, 6) is 0.231. The van der Waals surface area contributed by atoms with Gasteiger partial charge in [0.25, 0.3) is 6.02 Å². The molecule has 2 heterocycles. The van der Waals surface area contributed by atoms with Crippen LogP contribution in [-0.2, 0) is 27.2 Å². The first-order valence-corrected chi connectivity index (χ1v) is 12.6. The Bertz CT molecular complexity index is 1230. The van der Waals surface area contributed by atoms with E-state index in [9.17, 15) is 4.79 Å². The van der Waals surface area contributed by atoms with E-state index >= 15 is 0 Å². The molecule has 9 nitrogen and oxygen atoms in total. The lowest BCUT2D eigenvalue weighted by Crippen LogP contribution is -2.48. The number of carbonyl (C=O) groups is 1. The van der Waals surface area contributed by atoms with Gasteiger partial charge in [0.2, 0.25) is 5.82 Å². The van der Waals surface area contributed by atoms with Gasteiger partial charge in [-0.3, -0.25) is 0 Å². The largest absolute Gasteiger partial charge is 0.466 e. The lowest BCUT2D eigenvalue weighted by Gasteiger charge is -2.35. The zero-order chi connectivity index (χ0) is 26.3. The number of aliphatic imine (C=N–C) groups is 1. The molecular formula is C28H34N6O3. The standard InChI is InChI=1S/C28H34N6O3/c1-5-7-8-9-11-22(25-30-32-33-31-25)18-20-13-15-21(16-14-20)19-34-24-23(26(35)36-4)12-10-17-28(24,3)29-27(34)37-6-2/h8-17,24H,5-7,18-19H2,1-4H3,(H,30,31,32,33)/b9-8?,22-11+. The van der Waals surface area contributed by atoms with Crippen molar-refractivity contribution in [3.63, 3.8) is 0 Å². The fourth-order valence-electron chi connectivity index (χ4n) is 4.64. The summed E-state index contributed by atoms with van der Waals surface area (Å²) >= 11 is 0. The first kappa shape index (κ1) is 26.1. The normalized spacial score (nSPS) is 21.1. The molecule has 0 spiro atoms. The van der Waals surface area contributed by atoms with Crippen LogP contribution < -0.4 is 0 Å². The van der Waals surface area contributed by atoms with Gasteiger partial charge in [-0.15, -0.1) is 10.2 Å². The summed E-state index contributed by atoms with van der Waals surface area (Å²) in [4.78, 5) is 19.5. The molecule has 2 aliphatic rings. The lowest BCUT2D eigenvalue weighted by atomic mass is 9.83. The van der Waals surface area contributed by atoms with Crippen LogP contribution in [0.15, 0.2) is 71.3 Å². The number of allylic oxidation sites excluding steroid dienone is 6. The number of rotatable bonds is 10. The van der Waals surface area contributed by atoms with E-state index in [0.717, 1.165) is 29.5 Å². The number of aromatic amines is 1. The third-order valence-corrected chi connectivity index (χ3v) is 6.44. The van der Waals surface area contributed by atoms with Crippen molar-refractivity contribution < 1.29 is 14.3 Å². The predicted octanol–water partition coefficient (Wildman–Crippen LogP) is 4.19. The van der Waals surface area contributed by atoms with Gasteiger partial charge in [-0.25, -0.2) is 9.79 Å². The smallest absolute Gasteiger partial charge is 0.335 e. The molecule has 1 aliphatic carbocycles. The minimum absolute atomic E-state index is 0.311. The van der Waals surface area contributed by atoms with Gasteiger partial charge in [-0.1, -0.05) is 68.0 Å². The second-order valence-corrected chi connectivity index (χ2v) is 9.19. The van der Waals surface area contributed by atoms with Crippen LogP contribution in [0.1, 0.15) is 50.6 Å². The van der Waals surface area contributed by atoms with Crippen molar-refractivity contribution in [2.24, 2.45) is 4.99 Å². The van der Waals surface area contributed by atoms with Crippen LogP contribution in [-0.4, -0.2) is 62.8 Å². The zero-order valence-corrected chi connectivity index (χ0v) is 21.8. The molecule has 0 bridgehead atoms. The third-order valence-electron chi connectivity index (χ3n) is 6.44. The quantitative estimate of drug-likeness (QED) is 0.384. The number of methoxy groups -OCH3 is 1. The summed E-state index contributed by atoms with van der Waals surface area (Å²) in [5, 5.41) is 14.6. The minimum Gasteiger partial charge on any atom is -0.466 e. The summed E-state index contributed by atoms with van der Waals surface area (Å²) in [6.45, 7) is 7.11. The molecule has 194 valence electrons. The van der Waals surface area contributed by atoms with E-state index in [1.54, 1.807) is 6.08 Å². The van der Waals surface area contributed by atoms with Crippen molar-refractivity contribution in [1.29, 1.82) is 0 Å². The van der Waals surface area contributed by atoms with Crippen molar-refractivity contribution in [2.45, 2.75) is 58.2 Å². The Kier molecular flexibility index (Phi) is 8.32. The molecule has 1 aromatic heterocycles. The second kappa shape index (κ2) is 11.8. The number of carbonyl (C=O) groups excluding carboxylic acids is 1. The molecule has 4 rings (SSSR count). The molecular weight excluding hydrogens is 468 g/mol. The Balaban J connectivity index is 1.54. The van der Waals surface area contributed by atoms with Gasteiger partial charge in [0.05, 0.1) is 25.3 Å². The predicted molar refractivity (Wildman–Crippen MR) is 142 cm³/mol. The van der Waals surface area contributed by atoms with Crippen LogP contribution in [0, 0.1) is 0 Å². The summed E-state index contributed by atoms with van der Waals surface area (Å²) in [5.41, 5.74) is 3.14. The van der Waals surface area contributed by atoms with Gasteiger partial charge >= 0.3 is 5.97 Å². The molecule has 0 radical (unpaired) electrons. The highest BCUT2D eigenvalue weighted by Crippen LogP contribution is 2.38. The number of esters is 1. The summed E-state index contributed by atoms with van der Waals surface area (Å²) in [6.07, 6.45) is 14.7. The number of fused-ring (bicyclic) bond motifs is 1. The van der Waals surface area contributed by atoms with Gasteiger partial charge in [-0.2, -0.15) is 5.21 Å². The molecule has 2 unspecified atom stereocenters. The first-order chi connectivity index (χ1) is 18.0. The van der Waals surface area contributed by atoms with Crippen molar-refractivity contribution in [3.05, 3.63) is 83.2 Å². The Morgan fingerprint density at radius 3 is 2.68 bits per heavy atom. The topological polar surface area (TPSA) is 106 Å². The maximum absolute atomic E-state index is 12.6. The van der Waals surface area contributed by atoms with E-state index in [0.29, 0.717) is 37.0 Å². The highest BCUT2D eigenvalue weighted by molar-refractivity contribution is 5.93. The van der Waals surface area contributed by atoms with Gasteiger partial charge in [0.1, 0.15) is 5.54 Å². The number of unbranched alkanes of at least 4 members (excludes halogenated alkanes) is 1. The highest BCUT2D eigenvalue weighted by Gasteiger charge is 2.49. The van der Waals surface area contributed by atoms with Gasteiger partial charge in [0.15, 0.2) is 0 Å². The van der Waals surface area contributed by atoms with Crippen LogP contribution in [0.4, 0.5) is 0 Å². The van der Waals surface area contributed by atoms with Gasteiger partial charge < -0.3 is 14.4 Å². The van der Waals surface area contributed by atoms with E-state index in [4.69, 9.17) is 14.5 Å². The van der Waals surface area contributed by atoms with Gasteiger partial charge in [-0.05, 0) is 42.7 Å². The average molecular weight is 503 g/mol. The van der Waals surface area contributed by atoms with Crippen LogP contribution in [0.25, 0.3) is 5.57 Å². The average Bonchev–Trinajstić information content (AvgIpc) is 3.53. The maximum Gasteiger partial charge on any atom is 0.335 e. The molecule has 0 saturated carbocycles. The summed E-state index contributed by atoms with van der Waals surface area (Å²) < 4.78 is 11.0. The van der Waals surface area contributed by atoms with Crippen LogP contribution >= 0.6 is 0 Å². The molecule has 0 saturated heterocycles. The van der Waals surface area contributed by atoms with E-state index < -0.39 is 5.54 Å². The number of benzene rings is 1. The molecule has 0 fully saturated rings. The fourth-order valence-corrected chi connectivity index (χ4v) is 4.64. The molecule has 0 amide bonds. The number of hydrogen-bond donors (Lipinski definition) is 1. The molecule has 2 aromatic rings. The molecule has 1 aromatic carbocycles. The minimum atomic E-state index is -0.613. The zero-order valence-electron chi connectivity index (χ0n) is 21.8. The van der Waals surface area contributed by atoms with E-state index in [-0.39, 0.29) is 12.0 Å². The lowest BCUT2D eigenvalue weighted by molar-refractivity contribution is -0.137. The number of aromatic nitrogens is 4. The molecule has 9 heteroatoms. The number of tetrazole rings is 1. The Labute approximate surface area is 217 Å². The Hall–Kier alpha value is -4.01. The Morgan fingerprint density at radius 1 is 1.22 bits per heavy atom. The maximum atomic E-state index is 12.6. The molecule has 1 aliphatic heterocycles. The number of hydrogen-bond acceptors (Lipinski definition) is 8. The third kappa shape index (κ3) is 5.87. The van der Waals surface area contributed by atoms with Crippen LogP contribution in [0.5, 0.6) is 0 Å². The summed E-state index contributed by atoms with van der Waals surface area (Å²) in [7, 11) is 1.40. The second-order valence-electron chi connectivity index (χ2n) is 9.19. The van der Waals surface area contributed by atoms with Crippen molar-refractivity contribution in [2.75, 3.05) is 13.7 Å². The molecule has 37 heavy (non-hydrogen) atoms. The fraction of sp³-hybridized carbons (Fsp3) is 0.393. The highest BCUT2D eigenvalue weighted by atomic mass is 16.5. The number of nitrogens with zero attached hydrogens (tertiary/aromatic N) is 5. The first-order valence-electron chi connectivity index (χ1n) is 12.6. The number of ether oxygens (including phenoxy) is 2. The SMILES string of the molecule is CCCC=C/C=C(\Cc1ccc(CN2C(OCC)=NC3(C)C=CC=C(C(=O)OC)C23)cc1)c1nn[nH]n1. The molecule has 1 N–H and O–H groups in total. The molecule has 2 atom stereocenters. The monoisotopic (exact) mass is 502 g/mol. The van der Waals surface area contributed by atoms with Gasteiger partial charge in [0, 0.05) is 18.5 Å². The van der Waals surface area contributed by atoms with Crippen LogP contribution in [0.2, 0.25) is 0 Å². The Morgan fingerprint density at radius 2 is 2.00 bits per heavy atom. The summed E-state index contributed by atoms with van der Waals surface area (Å²) in [6, 6.07) is 8.61. The number of amidine groups is 1. The number of nitrogens with one attached hydrogen (secondary N) is 1.